The molecule has 49 heavy (non-hydrogen) atoms. The normalized spacial score (nSPS) is 36.4. The van der Waals surface area contributed by atoms with E-state index in [1.54, 1.807) is 13.2 Å². The van der Waals surface area contributed by atoms with Gasteiger partial charge in [-0.2, -0.15) is 0 Å². The zero-order valence-electron chi connectivity index (χ0n) is 30.3. The molecule has 12 nitrogen and oxygen atoms in total. The molecule has 3 saturated heterocycles. The molecule has 3 fully saturated rings. The molecule has 0 N–H and O–H groups in total. The number of allylic oxidation sites excluding steroid dienone is 2. The predicted octanol–water partition coefficient (Wildman–Crippen LogP) is 5.19. The van der Waals surface area contributed by atoms with Crippen molar-refractivity contribution in [3.63, 3.8) is 0 Å². The molecule has 5 heterocycles. The molecule has 9 atom stereocenters. The quantitative estimate of drug-likeness (QED) is 0.320. The molecule has 0 saturated carbocycles. The molecular weight excluding hydrogens is 628 g/mol. The molecule has 4 aliphatic rings. The first-order valence-electron chi connectivity index (χ1n) is 18.2. The Bertz CT molecular complexity index is 1260. The van der Waals surface area contributed by atoms with Crippen molar-refractivity contribution in [1.29, 1.82) is 0 Å². The first kappa shape index (κ1) is 37.6. The summed E-state index contributed by atoms with van der Waals surface area (Å²) in [4.78, 5) is 14.9. The van der Waals surface area contributed by atoms with Gasteiger partial charge in [0.25, 0.3) is 0 Å². The minimum Gasteiger partial charge on any atom is -0.499 e. The van der Waals surface area contributed by atoms with Crippen LogP contribution in [0.4, 0.5) is 0 Å². The molecule has 4 aliphatic heterocycles. The Morgan fingerprint density at radius 1 is 1.02 bits per heavy atom. The first-order chi connectivity index (χ1) is 23.7. The Hall–Kier alpha value is -2.61. The maximum Gasteiger partial charge on any atom is 0.310 e. The van der Waals surface area contributed by atoms with E-state index in [-0.39, 0.29) is 55.4 Å². The molecule has 0 amide bonds. The van der Waals surface area contributed by atoms with E-state index in [4.69, 9.17) is 33.2 Å². The number of aromatic nitrogens is 3. The van der Waals surface area contributed by atoms with Gasteiger partial charge in [0, 0.05) is 38.6 Å². The lowest BCUT2D eigenvalue weighted by molar-refractivity contribution is -0.224. The minimum absolute atomic E-state index is 0.0533. The Labute approximate surface area is 292 Å². The zero-order chi connectivity index (χ0) is 34.8. The molecule has 0 radical (unpaired) electrons. The van der Waals surface area contributed by atoms with Crippen molar-refractivity contribution in [3.8, 4) is 0 Å². The number of cyclic esters (lactones) is 1. The fourth-order valence-corrected chi connectivity index (χ4v) is 7.41. The molecule has 1 aromatic rings. The van der Waals surface area contributed by atoms with E-state index < -0.39 is 12.4 Å². The van der Waals surface area contributed by atoms with Gasteiger partial charge in [-0.25, -0.2) is 0 Å². The number of fused-ring (bicyclic) bond motifs is 1. The van der Waals surface area contributed by atoms with Crippen LogP contribution in [0.25, 0.3) is 0 Å². The van der Waals surface area contributed by atoms with Gasteiger partial charge in [-0.1, -0.05) is 36.4 Å². The van der Waals surface area contributed by atoms with Gasteiger partial charge in [-0.15, -0.1) is 5.10 Å². The summed E-state index contributed by atoms with van der Waals surface area (Å²) >= 11 is 0. The molecule has 12 heteroatoms. The van der Waals surface area contributed by atoms with Crippen molar-refractivity contribution in [2.45, 2.75) is 128 Å². The summed E-state index contributed by atoms with van der Waals surface area (Å²) in [6.45, 7) is 8.96. The van der Waals surface area contributed by atoms with E-state index in [0.29, 0.717) is 30.6 Å². The van der Waals surface area contributed by atoms with Gasteiger partial charge in [-0.3, -0.25) is 9.48 Å². The van der Waals surface area contributed by atoms with Crippen LogP contribution in [-0.4, -0.2) is 103 Å². The highest BCUT2D eigenvalue weighted by Crippen LogP contribution is 2.38. The predicted molar refractivity (Wildman–Crippen MR) is 183 cm³/mol. The summed E-state index contributed by atoms with van der Waals surface area (Å²) in [5, 5.41) is 8.69. The van der Waals surface area contributed by atoms with Gasteiger partial charge in [0.2, 0.25) is 0 Å². The Kier molecular flexibility index (Phi) is 14.3. The molecular formula is C37H58N4O8. The van der Waals surface area contributed by atoms with E-state index in [0.717, 1.165) is 57.6 Å². The molecule has 1 aromatic heterocycles. The monoisotopic (exact) mass is 686 g/mol. The average Bonchev–Trinajstić information content (AvgIpc) is 3.69. The van der Waals surface area contributed by atoms with Crippen molar-refractivity contribution in [1.82, 2.24) is 19.9 Å². The number of ether oxygens (including phenoxy) is 7. The van der Waals surface area contributed by atoms with Crippen molar-refractivity contribution in [2.75, 3.05) is 34.4 Å². The third-order valence-corrected chi connectivity index (χ3v) is 10.2. The number of methoxy groups -OCH3 is 1. The lowest BCUT2D eigenvalue weighted by atomic mass is 9.86. The van der Waals surface area contributed by atoms with E-state index in [1.165, 1.54) is 0 Å². The maximum atomic E-state index is 12.7. The van der Waals surface area contributed by atoms with Crippen molar-refractivity contribution in [2.24, 2.45) is 17.8 Å². The Morgan fingerprint density at radius 3 is 2.59 bits per heavy atom. The van der Waals surface area contributed by atoms with Crippen molar-refractivity contribution in [3.05, 3.63) is 48.0 Å². The third kappa shape index (κ3) is 11.2. The lowest BCUT2D eigenvalue weighted by Crippen LogP contribution is -2.46. The highest BCUT2D eigenvalue weighted by Gasteiger charge is 2.41. The number of esters is 1. The summed E-state index contributed by atoms with van der Waals surface area (Å²) in [5.41, 5.74) is 0.763. The average molecular weight is 687 g/mol. The summed E-state index contributed by atoms with van der Waals surface area (Å²) in [5.74, 6) is 1.03. The highest BCUT2D eigenvalue weighted by molar-refractivity contribution is 5.71. The van der Waals surface area contributed by atoms with Crippen LogP contribution in [0.1, 0.15) is 77.8 Å². The van der Waals surface area contributed by atoms with Gasteiger partial charge in [-0.05, 0) is 83.9 Å². The van der Waals surface area contributed by atoms with Gasteiger partial charge < -0.3 is 38.1 Å². The topological polar surface area (TPSA) is 116 Å². The van der Waals surface area contributed by atoms with Gasteiger partial charge >= 0.3 is 5.97 Å². The number of carbonyl (C=O) groups excluding carboxylic acids is 1. The van der Waals surface area contributed by atoms with Gasteiger partial charge in [0.05, 0.1) is 38.5 Å². The number of likely N-dealkylation sites (N-methyl/N-ethyl adjacent to an activating group) is 1. The second-order valence-electron chi connectivity index (χ2n) is 14.3. The van der Waals surface area contributed by atoms with Crippen LogP contribution in [-0.2, 0) is 51.1 Å². The number of nitrogens with zero attached hydrogens (tertiary/aromatic N) is 4. The second kappa shape index (κ2) is 18.6. The van der Waals surface area contributed by atoms with Crippen molar-refractivity contribution >= 4 is 5.97 Å². The van der Waals surface area contributed by atoms with Gasteiger partial charge in [0.1, 0.15) is 23.7 Å². The minimum atomic E-state index is -0.473. The van der Waals surface area contributed by atoms with Crippen LogP contribution in [0.3, 0.4) is 0 Å². The van der Waals surface area contributed by atoms with Crippen LogP contribution in [0.15, 0.2) is 42.3 Å². The lowest BCUT2D eigenvalue weighted by Gasteiger charge is -2.39. The molecule has 0 unspecified atom stereocenters. The Balaban J connectivity index is 1.28. The maximum absolute atomic E-state index is 12.7. The van der Waals surface area contributed by atoms with E-state index in [1.807, 2.05) is 36.0 Å². The van der Waals surface area contributed by atoms with Crippen LogP contribution < -0.4 is 0 Å². The van der Waals surface area contributed by atoms with E-state index >= 15 is 0 Å². The molecule has 0 aromatic carbocycles. The SMILES string of the molecule is CO/C1=C\CC(=O)O[C@H](C)C/C=C/C=C/[C@H](O[C@H]2CC[C@H](N(C)C)[C@@H](C)O2)[C@H](C)C[C@@H]2C[C@H](OCc3cn(CC4CCOCC4)nn3)O[C@@H]12. The molecule has 274 valence electrons. The molecule has 0 spiro atoms. The summed E-state index contributed by atoms with van der Waals surface area (Å²) < 4.78 is 44.8. The Morgan fingerprint density at radius 2 is 1.84 bits per heavy atom. The molecule has 5 rings (SSSR count). The second-order valence-corrected chi connectivity index (χ2v) is 14.3. The highest BCUT2D eigenvalue weighted by atomic mass is 16.7. The van der Waals surface area contributed by atoms with Crippen LogP contribution in [0, 0.1) is 17.8 Å². The fourth-order valence-electron chi connectivity index (χ4n) is 7.41. The number of hydrogen-bond acceptors (Lipinski definition) is 11. The zero-order valence-corrected chi connectivity index (χ0v) is 30.3. The van der Waals surface area contributed by atoms with E-state index in [9.17, 15) is 4.79 Å². The number of rotatable bonds is 9. The summed E-state index contributed by atoms with van der Waals surface area (Å²) in [7, 11) is 5.82. The standard InChI is InChI=1S/C37H58N4O8/c1-25-20-29-21-36(45-24-30-23-41(39-38-30)22-28-16-18-44-19-17-28)49-37(29)33(43-6)13-14-34(42)46-26(2)10-8-7-9-11-32(25)48-35-15-12-31(40(4)5)27(3)47-35/h7-9,11,13,23,25-29,31-32,35-37H,10,12,14-22,24H2,1-6H3/b8-7+,11-9+,33-13-/t25-,26-,27-,29-,31+,32+,35+,36-,37-/m1/s1. The van der Waals surface area contributed by atoms with Crippen molar-refractivity contribution < 1.29 is 38.0 Å². The van der Waals surface area contributed by atoms with Crippen LogP contribution in [0.5, 0.6) is 0 Å². The van der Waals surface area contributed by atoms with E-state index in [2.05, 4.69) is 49.2 Å². The van der Waals surface area contributed by atoms with Crippen LogP contribution in [0.2, 0.25) is 0 Å². The molecule has 0 bridgehead atoms. The number of hydrogen-bond donors (Lipinski definition) is 0. The third-order valence-electron chi connectivity index (χ3n) is 10.2. The number of carbonyl (C=O) groups is 1. The first-order valence-corrected chi connectivity index (χ1v) is 18.2. The smallest absolute Gasteiger partial charge is 0.310 e. The van der Waals surface area contributed by atoms with Gasteiger partial charge in [0.15, 0.2) is 12.6 Å². The summed E-state index contributed by atoms with van der Waals surface area (Å²) in [6.07, 6.45) is 16.5. The molecule has 0 aliphatic carbocycles. The van der Waals surface area contributed by atoms with Crippen LogP contribution >= 0.6 is 0 Å². The summed E-state index contributed by atoms with van der Waals surface area (Å²) in [6, 6.07) is 0.368. The largest absolute Gasteiger partial charge is 0.499 e. The fraction of sp³-hybridized carbons (Fsp3) is 0.757.